The molecule has 1 amide bonds. The van der Waals surface area contributed by atoms with Crippen molar-refractivity contribution in [2.24, 2.45) is 0 Å². The van der Waals surface area contributed by atoms with E-state index in [0.29, 0.717) is 39.9 Å². The van der Waals surface area contributed by atoms with E-state index in [-0.39, 0.29) is 23.3 Å². The fraction of sp³-hybridized carbons (Fsp3) is 0.286. The molecule has 6 nitrogen and oxygen atoms in total. The first-order valence-corrected chi connectivity index (χ1v) is 10.8. The molecule has 1 saturated heterocycles. The Labute approximate surface area is 177 Å². The molecule has 0 spiro atoms. The van der Waals surface area contributed by atoms with Crippen LogP contribution < -0.4 is 10.9 Å². The maximum atomic E-state index is 13.0. The molecule has 0 aliphatic carbocycles. The van der Waals surface area contributed by atoms with Gasteiger partial charge in [0.1, 0.15) is 0 Å². The van der Waals surface area contributed by atoms with Crippen LogP contribution in [0.5, 0.6) is 0 Å². The van der Waals surface area contributed by atoms with Gasteiger partial charge in [-0.25, -0.2) is 4.98 Å². The van der Waals surface area contributed by atoms with Crippen LogP contribution in [0.25, 0.3) is 10.9 Å². The maximum absolute atomic E-state index is 13.0. The number of carbonyl (C=O) groups is 1. The van der Waals surface area contributed by atoms with Crippen LogP contribution in [0.15, 0.2) is 58.5 Å². The molecule has 2 heterocycles. The number of halogens is 1. The van der Waals surface area contributed by atoms with Gasteiger partial charge in [0.25, 0.3) is 5.56 Å². The molecule has 2 aromatic carbocycles. The van der Waals surface area contributed by atoms with E-state index in [0.717, 1.165) is 12.8 Å². The minimum Gasteiger partial charge on any atom is -0.376 e. The molecule has 1 aliphatic rings. The number of ether oxygens (including phenoxy) is 1. The lowest BCUT2D eigenvalue weighted by Gasteiger charge is -2.16. The average Bonchev–Trinajstić information content (AvgIpc) is 3.22. The molecule has 29 heavy (non-hydrogen) atoms. The van der Waals surface area contributed by atoms with Crippen LogP contribution in [-0.2, 0) is 16.1 Å². The number of anilines is 1. The van der Waals surface area contributed by atoms with E-state index in [2.05, 4.69) is 10.3 Å². The van der Waals surface area contributed by atoms with Gasteiger partial charge in [0.2, 0.25) is 5.91 Å². The molecular weight excluding hydrogens is 410 g/mol. The minimum atomic E-state index is -0.191. The SMILES string of the molecule is O=C(CSc1nc2ccccc2c(=O)n1C[C@H]1CCCO1)Nc1cccc(Cl)c1. The van der Waals surface area contributed by atoms with Gasteiger partial charge in [-0.3, -0.25) is 14.2 Å². The van der Waals surface area contributed by atoms with Crippen molar-refractivity contribution < 1.29 is 9.53 Å². The summed E-state index contributed by atoms with van der Waals surface area (Å²) in [6.45, 7) is 1.15. The Kier molecular flexibility index (Phi) is 6.18. The lowest BCUT2D eigenvalue weighted by molar-refractivity contribution is -0.113. The van der Waals surface area contributed by atoms with Gasteiger partial charge in [0.05, 0.1) is 29.3 Å². The van der Waals surface area contributed by atoms with Gasteiger partial charge in [0.15, 0.2) is 5.16 Å². The van der Waals surface area contributed by atoms with Crippen LogP contribution in [0.4, 0.5) is 5.69 Å². The first-order chi connectivity index (χ1) is 14.1. The fourth-order valence-corrected chi connectivity index (χ4v) is 4.30. The van der Waals surface area contributed by atoms with Crippen molar-refractivity contribution >= 4 is 45.9 Å². The summed E-state index contributed by atoms with van der Waals surface area (Å²) in [4.78, 5) is 30.1. The van der Waals surface area contributed by atoms with E-state index in [9.17, 15) is 9.59 Å². The third kappa shape index (κ3) is 4.80. The Morgan fingerprint density at radius 3 is 2.93 bits per heavy atom. The van der Waals surface area contributed by atoms with Crippen LogP contribution >= 0.6 is 23.4 Å². The highest BCUT2D eigenvalue weighted by Crippen LogP contribution is 2.22. The zero-order valence-electron chi connectivity index (χ0n) is 15.6. The number of carbonyl (C=O) groups excluding carboxylic acids is 1. The van der Waals surface area contributed by atoms with Gasteiger partial charge < -0.3 is 10.1 Å². The topological polar surface area (TPSA) is 73.2 Å². The molecule has 1 atom stereocenters. The molecule has 1 aliphatic heterocycles. The van der Waals surface area contributed by atoms with Gasteiger partial charge in [-0.05, 0) is 43.2 Å². The molecular formula is C21H20ClN3O3S. The molecule has 150 valence electrons. The van der Waals surface area contributed by atoms with Gasteiger partial charge in [-0.1, -0.05) is 41.6 Å². The van der Waals surface area contributed by atoms with E-state index in [1.165, 1.54) is 11.8 Å². The number of para-hydroxylation sites is 1. The number of hydrogen-bond acceptors (Lipinski definition) is 5. The molecule has 0 saturated carbocycles. The first-order valence-electron chi connectivity index (χ1n) is 9.39. The number of benzene rings is 2. The summed E-state index contributed by atoms with van der Waals surface area (Å²) >= 11 is 7.20. The number of fused-ring (bicyclic) bond motifs is 1. The van der Waals surface area contributed by atoms with Gasteiger partial charge in [-0.2, -0.15) is 0 Å². The Morgan fingerprint density at radius 2 is 2.14 bits per heavy atom. The normalized spacial score (nSPS) is 16.2. The van der Waals surface area contributed by atoms with E-state index in [1.54, 1.807) is 34.9 Å². The highest BCUT2D eigenvalue weighted by atomic mass is 35.5. The summed E-state index contributed by atoms with van der Waals surface area (Å²) in [6.07, 6.45) is 1.90. The Bertz CT molecular complexity index is 1100. The maximum Gasteiger partial charge on any atom is 0.262 e. The van der Waals surface area contributed by atoms with Crippen LogP contribution in [0.2, 0.25) is 5.02 Å². The Balaban J connectivity index is 1.56. The van der Waals surface area contributed by atoms with Crippen LogP contribution in [0.3, 0.4) is 0 Å². The average molecular weight is 430 g/mol. The zero-order valence-corrected chi connectivity index (χ0v) is 17.2. The van der Waals surface area contributed by atoms with Crippen molar-refractivity contribution in [3.8, 4) is 0 Å². The second-order valence-corrected chi connectivity index (χ2v) is 8.19. The van der Waals surface area contributed by atoms with Gasteiger partial charge in [-0.15, -0.1) is 0 Å². The third-order valence-corrected chi connectivity index (χ3v) is 5.89. The van der Waals surface area contributed by atoms with Crippen molar-refractivity contribution in [2.45, 2.75) is 30.6 Å². The molecule has 8 heteroatoms. The zero-order chi connectivity index (χ0) is 20.2. The van der Waals surface area contributed by atoms with Crippen LogP contribution in [-0.4, -0.2) is 33.9 Å². The van der Waals surface area contributed by atoms with E-state index in [1.807, 2.05) is 18.2 Å². The van der Waals surface area contributed by atoms with E-state index >= 15 is 0 Å². The molecule has 0 radical (unpaired) electrons. The van der Waals surface area contributed by atoms with Crippen molar-refractivity contribution in [3.05, 3.63) is 63.9 Å². The van der Waals surface area contributed by atoms with E-state index < -0.39 is 0 Å². The summed E-state index contributed by atoms with van der Waals surface area (Å²) < 4.78 is 7.34. The fourth-order valence-electron chi connectivity index (χ4n) is 3.30. The predicted molar refractivity (Wildman–Crippen MR) is 116 cm³/mol. The number of nitrogens with zero attached hydrogens (tertiary/aromatic N) is 2. The number of aromatic nitrogens is 2. The highest BCUT2D eigenvalue weighted by Gasteiger charge is 2.20. The lowest BCUT2D eigenvalue weighted by atomic mass is 10.2. The lowest BCUT2D eigenvalue weighted by Crippen LogP contribution is -2.29. The smallest absolute Gasteiger partial charge is 0.262 e. The quantitative estimate of drug-likeness (QED) is 0.474. The number of rotatable bonds is 6. The summed E-state index contributed by atoms with van der Waals surface area (Å²) in [5.41, 5.74) is 1.15. The summed E-state index contributed by atoms with van der Waals surface area (Å²) in [6, 6.07) is 14.2. The number of thioether (sulfide) groups is 1. The summed E-state index contributed by atoms with van der Waals surface area (Å²) in [7, 11) is 0. The number of amides is 1. The molecule has 4 rings (SSSR count). The monoisotopic (exact) mass is 429 g/mol. The predicted octanol–water partition coefficient (Wildman–Crippen LogP) is 3.96. The van der Waals surface area contributed by atoms with Crippen molar-refractivity contribution in [3.63, 3.8) is 0 Å². The molecule has 0 bridgehead atoms. The highest BCUT2D eigenvalue weighted by molar-refractivity contribution is 7.99. The third-order valence-electron chi connectivity index (χ3n) is 4.68. The standard InChI is InChI=1S/C21H20ClN3O3S/c22-14-5-3-6-15(11-14)23-19(26)13-29-21-24-18-9-2-1-8-17(18)20(27)25(21)12-16-7-4-10-28-16/h1-3,5-6,8-9,11,16H,4,7,10,12-13H2,(H,23,26)/t16-/m1/s1. The van der Waals surface area contributed by atoms with Gasteiger partial charge in [0, 0.05) is 17.3 Å². The largest absolute Gasteiger partial charge is 0.376 e. The van der Waals surface area contributed by atoms with Crippen molar-refractivity contribution in [1.82, 2.24) is 9.55 Å². The number of hydrogen-bond donors (Lipinski definition) is 1. The molecule has 1 N–H and O–H groups in total. The Hall–Kier alpha value is -2.35. The second-order valence-electron chi connectivity index (χ2n) is 6.81. The van der Waals surface area contributed by atoms with Gasteiger partial charge >= 0.3 is 0 Å². The summed E-state index contributed by atoms with van der Waals surface area (Å²) in [5, 5.41) is 4.45. The molecule has 1 fully saturated rings. The number of nitrogens with one attached hydrogen (secondary N) is 1. The van der Waals surface area contributed by atoms with Crippen LogP contribution in [0, 0.1) is 0 Å². The molecule has 3 aromatic rings. The first kappa shape index (κ1) is 19.9. The van der Waals surface area contributed by atoms with Crippen molar-refractivity contribution in [2.75, 3.05) is 17.7 Å². The minimum absolute atomic E-state index is 0.00435. The molecule has 0 unspecified atom stereocenters. The molecule has 1 aromatic heterocycles. The summed E-state index contributed by atoms with van der Waals surface area (Å²) in [5.74, 6) is -0.0636. The van der Waals surface area contributed by atoms with Crippen LogP contribution in [0.1, 0.15) is 12.8 Å². The van der Waals surface area contributed by atoms with E-state index in [4.69, 9.17) is 16.3 Å². The van der Waals surface area contributed by atoms with Crippen molar-refractivity contribution in [1.29, 1.82) is 0 Å². The second kappa shape index (κ2) is 8.98. The Morgan fingerprint density at radius 1 is 1.28 bits per heavy atom.